The topological polar surface area (TPSA) is 60.5 Å². The normalized spacial score (nSPS) is 23.5. The van der Waals surface area contributed by atoms with E-state index in [-0.39, 0.29) is 5.60 Å². The van der Waals surface area contributed by atoms with Crippen LogP contribution in [0.15, 0.2) is 47.7 Å². The molecule has 1 spiro atoms. The van der Waals surface area contributed by atoms with E-state index in [0.29, 0.717) is 12.6 Å². The van der Waals surface area contributed by atoms with Crippen LogP contribution in [0.5, 0.6) is 0 Å². The van der Waals surface area contributed by atoms with E-state index in [4.69, 9.17) is 10.5 Å². The molecule has 2 aliphatic rings. The summed E-state index contributed by atoms with van der Waals surface area (Å²) in [5, 5.41) is 0. The molecule has 0 radical (unpaired) electrons. The van der Waals surface area contributed by atoms with E-state index in [1.54, 1.807) is 6.20 Å². The van der Waals surface area contributed by atoms with Gasteiger partial charge in [-0.05, 0) is 35.6 Å². The van der Waals surface area contributed by atoms with Crippen LogP contribution in [0.25, 0.3) is 11.1 Å². The number of nitrogens with two attached hydrogens (primary N) is 1. The zero-order valence-corrected chi connectivity index (χ0v) is 11.7. The van der Waals surface area contributed by atoms with Gasteiger partial charge in [-0.3, -0.25) is 4.98 Å². The monoisotopic (exact) mass is 279 g/mol. The number of aliphatic imine (C=N–C) groups is 1. The van der Waals surface area contributed by atoms with Crippen LogP contribution in [0.3, 0.4) is 0 Å². The van der Waals surface area contributed by atoms with E-state index in [1.165, 1.54) is 22.3 Å². The summed E-state index contributed by atoms with van der Waals surface area (Å²) < 4.78 is 5.81. The first-order valence-corrected chi connectivity index (χ1v) is 7.26. The first kappa shape index (κ1) is 12.4. The van der Waals surface area contributed by atoms with Crippen molar-refractivity contribution in [2.24, 2.45) is 10.7 Å². The van der Waals surface area contributed by atoms with E-state index >= 15 is 0 Å². The van der Waals surface area contributed by atoms with Gasteiger partial charge in [0.15, 0.2) is 0 Å². The summed E-state index contributed by atoms with van der Waals surface area (Å²) in [7, 11) is 0. The zero-order valence-electron chi connectivity index (χ0n) is 11.7. The lowest BCUT2D eigenvalue weighted by Crippen LogP contribution is -2.40. The predicted molar refractivity (Wildman–Crippen MR) is 82.0 cm³/mol. The van der Waals surface area contributed by atoms with Crippen LogP contribution < -0.4 is 5.73 Å². The fourth-order valence-electron chi connectivity index (χ4n) is 3.41. The minimum absolute atomic E-state index is 0.218. The molecule has 0 fully saturated rings. The smallest absolute Gasteiger partial charge is 0.282 e. The molecule has 4 heteroatoms. The molecule has 4 rings (SSSR count). The Labute approximate surface area is 123 Å². The average Bonchev–Trinajstić information content (AvgIpc) is 2.88. The first-order chi connectivity index (χ1) is 10.3. The number of hydrogen-bond acceptors (Lipinski definition) is 4. The van der Waals surface area contributed by atoms with Gasteiger partial charge in [0, 0.05) is 24.4 Å². The summed E-state index contributed by atoms with van der Waals surface area (Å²) in [6.07, 6.45) is 6.55. The third-order valence-electron chi connectivity index (χ3n) is 4.43. The fourth-order valence-corrected chi connectivity index (χ4v) is 3.41. The van der Waals surface area contributed by atoms with Crippen molar-refractivity contribution in [3.8, 4) is 11.1 Å². The molecule has 0 bridgehead atoms. The van der Waals surface area contributed by atoms with Gasteiger partial charge in [-0.2, -0.15) is 0 Å². The number of aromatic nitrogens is 1. The maximum Gasteiger partial charge on any atom is 0.282 e. The number of benzene rings is 1. The summed E-state index contributed by atoms with van der Waals surface area (Å²) in [6.45, 7) is 0.676. The number of fused-ring (bicyclic) bond motifs is 1. The van der Waals surface area contributed by atoms with Crippen molar-refractivity contribution in [1.82, 2.24) is 4.98 Å². The Hall–Kier alpha value is -2.36. The Morgan fingerprint density at radius 1 is 1.19 bits per heavy atom. The molecule has 2 aromatic rings. The SMILES string of the molecule is NC1=NCC2(CCc3c(cccc3-c3cccnc3)C2)O1. The third-order valence-corrected chi connectivity index (χ3v) is 4.43. The van der Waals surface area contributed by atoms with Crippen molar-refractivity contribution >= 4 is 6.02 Å². The highest BCUT2D eigenvalue weighted by molar-refractivity contribution is 5.74. The first-order valence-electron chi connectivity index (χ1n) is 7.26. The van der Waals surface area contributed by atoms with Gasteiger partial charge in [0.05, 0.1) is 6.54 Å². The van der Waals surface area contributed by atoms with Crippen molar-refractivity contribution in [2.75, 3.05) is 6.54 Å². The van der Waals surface area contributed by atoms with Crippen LogP contribution in [-0.2, 0) is 17.6 Å². The molecule has 1 atom stereocenters. The van der Waals surface area contributed by atoms with E-state index in [9.17, 15) is 0 Å². The molecule has 1 aliphatic carbocycles. The van der Waals surface area contributed by atoms with E-state index < -0.39 is 0 Å². The molecule has 0 saturated carbocycles. The predicted octanol–water partition coefficient (Wildman–Crippen LogP) is 2.32. The molecule has 1 aliphatic heterocycles. The quantitative estimate of drug-likeness (QED) is 0.871. The molecule has 1 aromatic carbocycles. The van der Waals surface area contributed by atoms with Gasteiger partial charge in [0.25, 0.3) is 6.02 Å². The molecule has 2 N–H and O–H groups in total. The molecular weight excluding hydrogens is 262 g/mol. The summed E-state index contributed by atoms with van der Waals surface area (Å²) in [4.78, 5) is 8.46. The van der Waals surface area contributed by atoms with Gasteiger partial charge >= 0.3 is 0 Å². The lowest BCUT2D eigenvalue weighted by molar-refractivity contribution is 0.0704. The standard InChI is InChI=1S/C17H17N3O/c18-16-20-11-17(21-16)7-6-15-12(9-17)3-1-5-14(15)13-4-2-8-19-10-13/h1-5,8,10H,6-7,9,11H2,(H2,18,20). The highest BCUT2D eigenvalue weighted by Gasteiger charge is 2.40. The highest BCUT2D eigenvalue weighted by atomic mass is 16.5. The third kappa shape index (κ3) is 2.07. The summed E-state index contributed by atoms with van der Waals surface area (Å²) >= 11 is 0. The maximum atomic E-state index is 5.81. The Bertz CT molecular complexity index is 711. The minimum atomic E-state index is -0.218. The molecule has 1 aromatic heterocycles. The number of hydrogen-bond donors (Lipinski definition) is 1. The second-order valence-electron chi connectivity index (χ2n) is 5.80. The maximum absolute atomic E-state index is 5.81. The Kier molecular flexibility index (Phi) is 2.70. The Morgan fingerprint density at radius 3 is 2.90 bits per heavy atom. The van der Waals surface area contributed by atoms with Crippen molar-refractivity contribution < 1.29 is 4.74 Å². The molecule has 4 nitrogen and oxygen atoms in total. The average molecular weight is 279 g/mol. The largest absolute Gasteiger partial charge is 0.456 e. The van der Waals surface area contributed by atoms with Crippen LogP contribution in [0, 0.1) is 0 Å². The van der Waals surface area contributed by atoms with Gasteiger partial charge in [0.2, 0.25) is 0 Å². The fraction of sp³-hybridized carbons (Fsp3) is 0.294. The van der Waals surface area contributed by atoms with Crippen LogP contribution in [0.1, 0.15) is 17.5 Å². The number of rotatable bonds is 1. The summed E-state index contributed by atoms with van der Waals surface area (Å²) in [5.74, 6) is 0. The van der Waals surface area contributed by atoms with Crippen LogP contribution in [0.2, 0.25) is 0 Å². The molecule has 106 valence electrons. The Morgan fingerprint density at radius 2 is 2.14 bits per heavy atom. The molecule has 0 saturated heterocycles. The van der Waals surface area contributed by atoms with Gasteiger partial charge in [0.1, 0.15) is 5.60 Å². The number of nitrogens with zero attached hydrogens (tertiary/aromatic N) is 2. The minimum Gasteiger partial charge on any atom is -0.456 e. The Balaban J connectivity index is 1.72. The second-order valence-corrected chi connectivity index (χ2v) is 5.80. The highest BCUT2D eigenvalue weighted by Crippen LogP contribution is 2.38. The van der Waals surface area contributed by atoms with Gasteiger partial charge in [-0.1, -0.05) is 24.3 Å². The molecule has 1 unspecified atom stereocenters. The van der Waals surface area contributed by atoms with Crippen molar-refractivity contribution in [1.29, 1.82) is 0 Å². The lowest BCUT2D eigenvalue weighted by Gasteiger charge is -2.34. The van der Waals surface area contributed by atoms with Crippen LogP contribution in [0.4, 0.5) is 0 Å². The number of amidine groups is 1. The second kappa shape index (κ2) is 4.58. The summed E-state index contributed by atoms with van der Waals surface area (Å²) in [6, 6.07) is 10.9. The van der Waals surface area contributed by atoms with E-state index in [0.717, 1.165) is 19.3 Å². The van der Waals surface area contributed by atoms with Crippen molar-refractivity contribution in [3.63, 3.8) is 0 Å². The summed E-state index contributed by atoms with van der Waals surface area (Å²) in [5.41, 5.74) is 10.7. The van der Waals surface area contributed by atoms with E-state index in [2.05, 4.69) is 34.2 Å². The lowest BCUT2D eigenvalue weighted by atomic mass is 9.78. The van der Waals surface area contributed by atoms with Crippen molar-refractivity contribution in [2.45, 2.75) is 24.9 Å². The van der Waals surface area contributed by atoms with Crippen molar-refractivity contribution in [3.05, 3.63) is 53.9 Å². The number of ether oxygens (including phenoxy) is 1. The molecule has 0 amide bonds. The van der Waals surface area contributed by atoms with Gasteiger partial charge in [-0.25, -0.2) is 4.99 Å². The van der Waals surface area contributed by atoms with Gasteiger partial charge in [-0.15, -0.1) is 0 Å². The van der Waals surface area contributed by atoms with Gasteiger partial charge < -0.3 is 10.5 Å². The number of pyridine rings is 1. The van der Waals surface area contributed by atoms with Crippen LogP contribution >= 0.6 is 0 Å². The zero-order chi connectivity index (χ0) is 14.3. The molecule has 2 heterocycles. The van der Waals surface area contributed by atoms with Crippen LogP contribution in [-0.4, -0.2) is 23.2 Å². The molecular formula is C17H17N3O. The molecule has 21 heavy (non-hydrogen) atoms. The van der Waals surface area contributed by atoms with E-state index in [1.807, 2.05) is 12.3 Å².